The van der Waals surface area contributed by atoms with E-state index in [4.69, 9.17) is 0 Å². The normalized spacial score (nSPS) is 24.5. The van der Waals surface area contributed by atoms with Gasteiger partial charge in [0.2, 0.25) is 5.91 Å². The van der Waals surface area contributed by atoms with Crippen molar-refractivity contribution in [2.24, 2.45) is 0 Å². The molecule has 3 heteroatoms. The molecule has 1 atom stereocenters. The number of nitrogens with one attached hydrogen (secondary N) is 1. The molecule has 2 rings (SSSR count). The summed E-state index contributed by atoms with van der Waals surface area (Å²) in [6, 6.07) is 4.12. The zero-order valence-corrected chi connectivity index (χ0v) is 9.92. The average molecular weight is 218 g/mol. The Morgan fingerprint density at radius 1 is 1.50 bits per heavy atom. The van der Waals surface area contributed by atoms with Gasteiger partial charge >= 0.3 is 0 Å². The molecular formula is C13H18N2O. The van der Waals surface area contributed by atoms with E-state index in [2.05, 4.69) is 23.3 Å². The molecule has 1 N–H and O–H groups in total. The molecule has 1 aromatic heterocycles. The Morgan fingerprint density at radius 3 is 2.81 bits per heavy atom. The van der Waals surface area contributed by atoms with E-state index in [1.807, 2.05) is 19.2 Å². The maximum Gasteiger partial charge on any atom is 0.220 e. The van der Waals surface area contributed by atoms with E-state index in [1.54, 1.807) is 0 Å². The highest BCUT2D eigenvalue weighted by Crippen LogP contribution is 2.27. The number of pyridine rings is 1. The van der Waals surface area contributed by atoms with Crippen LogP contribution in [0, 0.1) is 6.92 Å². The molecule has 3 nitrogen and oxygen atoms in total. The highest BCUT2D eigenvalue weighted by molar-refractivity contribution is 5.79. The molecule has 86 valence electrons. The summed E-state index contributed by atoms with van der Waals surface area (Å²) in [5, 5.41) is 3.11. The summed E-state index contributed by atoms with van der Waals surface area (Å²) in [6.07, 6.45) is 5.38. The minimum atomic E-state index is -0.0337. The average Bonchev–Trinajstić information content (AvgIpc) is 2.64. The minimum Gasteiger partial charge on any atom is -0.350 e. The Balaban J connectivity index is 2.13. The molecule has 1 saturated heterocycles. The molecule has 0 aliphatic carbocycles. The Morgan fingerprint density at radius 2 is 2.31 bits per heavy atom. The topological polar surface area (TPSA) is 42.0 Å². The largest absolute Gasteiger partial charge is 0.350 e. The second kappa shape index (κ2) is 4.24. The van der Waals surface area contributed by atoms with E-state index in [0.717, 1.165) is 25.0 Å². The van der Waals surface area contributed by atoms with E-state index in [0.29, 0.717) is 6.42 Å². The van der Waals surface area contributed by atoms with Crippen LogP contribution in [0.4, 0.5) is 0 Å². The standard InChI is InChI=1S/C13H18N2O/c1-3-13(7-6-12(16)15-13)8-11-5-4-10(2)14-9-11/h4-5,9H,3,6-8H2,1-2H3,(H,15,16). The number of hydrogen-bond acceptors (Lipinski definition) is 2. The lowest BCUT2D eigenvalue weighted by molar-refractivity contribution is -0.119. The fraction of sp³-hybridized carbons (Fsp3) is 0.538. The van der Waals surface area contributed by atoms with Crippen LogP contribution in [0.3, 0.4) is 0 Å². The van der Waals surface area contributed by atoms with E-state index in [1.165, 1.54) is 5.56 Å². The van der Waals surface area contributed by atoms with Gasteiger partial charge in [-0.3, -0.25) is 9.78 Å². The second-order valence-corrected chi connectivity index (χ2v) is 4.67. The Labute approximate surface area is 96.3 Å². The smallest absolute Gasteiger partial charge is 0.220 e. The molecule has 1 aromatic rings. The number of rotatable bonds is 3. The molecule has 0 bridgehead atoms. The molecule has 0 aromatic carbocycles. The first-order chi connectivity index (χ1) is 7.63. The van der Waals surface area contributed by atoms with Gasteiger partial charge in [0.15, 0.2) is 0 Å². The fourth-order valence-electron chi connectivity index (χ4n) is 2.29. The Bertz CT molecular complexity index is 385. The van der Waals surface area contributed by atoms with Gasteiger partial charge in [-0.1, -0.05) is 13.0 Å². The van der Waals surface area contributed by atoms with Crippen molar-refractivity contribution >= 4 is 5.91 Å². The van der Waals surface area contributed by atoms with Crippen molar-refractivity contribution in [3.63, 3.8) is 0 Å². The van der Waals surface area contributed by atoms with Crippen molar-refractivity contribution in [3.8, 4) is 0 Å². The first-order valence-electron chi connectivity index (χ1n) is 5.86. The van der Waals surface area contributed by atoms with Crippen LogP contribution in [-0.2, 0) is 11.2 Å². The van der Waals surface area contributed by atoms with Crippen LogP contribution >= 0.6 is 0 Å². The predicted octanol–water partition coefficient (Wildman–Crippen LogP) is 1.99. The first kappa shape index (κ1) is 11.1. The van der Waals surface area contributed by atoms with E-state index < -0.39 is 0 Å². The predicted molar refractivity (Wildman–Crippen MR) is 63.1 cm³/mol. The highest BCUT2D eigenvalue weighted by atomic mass is 16.2. The molecule has 0 saturated carbocycles. The molecular weight excluding hydrogens is 200 g/mol. The number of aryl methyl sites for hydroxylation is 1. The van der Waals surface area contributed by atoms with E-state index >= 15 is 0 Å². The molecule has 1 aliphatic rings. The van der Waals surface area contributed by atoms with Crippen LogP contribution in [-0.4, -0.2) is 16.4 Å². The van der Waals surface area contributed by atoms with Gasteiger partial charge in [0.25, 0.3) is 0 Å². The molecule has 0 radical (unpaired) electrons. The summed E-state index contributed by atoms with van der Waals surface area (Å²) in [5.74, 6) is 0.182. The summed E-state index contributed by atoms with van der Waals surface area (Å²) < 4.78 is 0. The van der Waals surface area contributed by atoms with Crippen LogP contribution < -0.4 is 5.32 Å². The number of nitrogens with zero attached hydrogens (tertiary/aromatic N) is 1. The Kier molecular flexibility index (Phi) is 2.95. The lowest BCUT2D eigenvalue weighted by Crippen LogP contribution is -2.42. The zero-order valence-electron chi connectivity index (χ0n) is 9.92. The van der Waals surface area contributed by atoms with Crippen LogP contribution in [0.15, 0.2) is 18.3 Å². The van der Waals surface area contributed by atoms with Gasteiger partial charge in [-0.15, -0.1) is 0 Å². The van der Waals surface area contributed by atoms with Gasteiger partial charge in [0.1, 0.15) is 0 Å². The van der Waals surface area contributed by atoms with E-state index in [9.17, 15) is 4.79 Å². The van der Waals surface area contributed by atoms with E-state index in [-0.39, 0.29) is 11.4 Å². The van der Waals surface area contributed by atoms with Crippen molar-refractivity contribution in [2.45, 2.75) is 45.1 Å². The molecule has 1 aliphatic heterocycles. The molecule has 16 heavy (non-hydrogen) atoms. The van der Waals surface area contributed by atoms with Crippen molar-refractivity contribution in [3.05, 3.63) is 29.6 Å². The van der Waals surface area contributed by atoms with Crippen molar-refractivity contribution in [1.29, 1.82) is 0 Å². The highest BCUT2D eigenvalue weighted by Gasteiger charge is 2.35. The lowest BCUT2D eigenvalue weighted by Gasteiger charge is -2.27. The summed E-state index contributed by atoms with van der Waals surface area (Å²) >= 11 is 0. The van der Waals surface area contributed by atoms with Crippen LogP contribution in [0.25, 0.3) is 0 Å². The number of hydrogen-bond donors (Lipinski definition) is 1. The van der Waals surface area contributed by atoms with Gasteiger partial charge in [0, 0.05) is 23.9 Å². The number of aromatic nitrogens is 1. The maximum absolute atomic E-state index is 11.3. The third-order valence-electron chi connectivity index (χ3n) is 3.43. The lowest BCUT2D eigenvalue weighted by atomic mass is 9.87. The van der Waals surface area contributed by atoms with Gasteiger partial charge in [-0.25, -0.2) is 0 Å². The zero-order chi connectivity index (χ0) is 11.6. The summed E-state index contributed by atoms with van der Waals surface area (Å²) in [6.45, 7) is 4.12. The minimum absolute atomic E-state index is 0.0337. The molecule has 1 fully saturated rings. The molecule has 2 heterocycles. The van der Waals surface area contributed by atoms with Gasteiger partial charge in [-0.05, 0) is 37.8 Å². The van der Waals surface area contributed by atoms with Crippen LogP contribution in [0.1, 0.15) is 37.4 Å². The summed E-state index contributed by atoms with van der Waals surface area (Å²) in [4.78, 5) is 15.6. The molecule has 1 amide bonds. The summed E-state index contributed by atoms with van der Waals surface area (Å²) in [5.41, 5.74) is 2.20. The van der Waals surface area contributed by atoms with Crippen molar-refractivity contribution in [1.82, 2.24) is 10.3 Å². The van der Waals surface area contributed by atoms with Crippen molar-refractivity contribution < 1.29 is 4.79 Å². The van der Waals surface area contributed by atoms with Gasteiger partial charge in [0.05, 0.1) is 0 Å². The number of carbonyl (C=O) groups excluding carboxylic acids is 1. The number of amides is 1. The SMILES string of the molecule is CCC1(Cc2ccc(C)nc2)CCC(=O)N1. The Hall–Kier alpha value is -1.38. The number of carbonyl (C=O) groups is 1. The molecule has 1 unspecified atom stereocenters. The first-order valence-corrected chi connectivity index (χ1v) is 5.86. The van der Waals surface area contributed by atoms with Crippen molar-refractivity contribution in [2.75, 3.05) is 0 Å². The molecule has 0 spiro atoms. The maximum atomic E-state index is 11.3. The monoisotopic (exact) mass is 218 g/mol. The van der Waals surface area contributed by atoms with Crippen LogP contribution in [0.2, 0.25) is 0 Å². The third kappa shape index (κ3) is 2.23. The van der Waals surface area contributed by atoms with Gasteiger partial charge < -0.3 is 5.32 Å². The fourth-order valence-corrected chi connectivity index (χ4v) is 2.29. The summed E-state index contributed by atoms with van der Waals surface area (Å²) in [7, 11) is 0. The van der Waals surface area contributed by atoms with Gasteiger partial charge in [-0.2, -0.15) is 0 Å². The third-order valence-corrected chi connectivity index (χ3v) is 3.43. The quantitative estimate of drug-likeness (QED) is 0.843. The second-order valence-electron chi connectivity index (χ2n) is 4.67. The van der Waals surface area contributed by atoms with Crippen LogP contribution in [0.5, 0.6) is 0 Å².